The number of nitrogens with one attached hydrogen (secondary N) is 1. The first-order chi connectivity index (χ1) is 12.6. The predicted octanol–water partition coefficient (Wildman–Crippen LogP) is 3.19. The van der Waals surface area contributed by atoms with E-state index in [0.717, 1.165) is 11.3 Å². The summed E-state index contributed by atoms with van der Waals surface area (Å²) in [5.41, 5.74) is 2.86. The summed E-state index contributed by atoms with van der Waals surface area (Å²) in [6.45, 7) is 3.31. The van der Waals surface area contributed by atoms with Crippen LogP contribution in [-0.2, 0) is 6.54 Å². The number of likely N-dealkylation sites (N-methyl/N-ethyl adjacent to an activating group) is 1. The Balaban J connectivity index is 1.53. The summed E-state index contributed by atoms with van der Waals surface area (Å²) in [7, 11) is 2.03. The monoisotopic (exact) mass is 348 g/mol. The minimum Gasteiger partial charge on any atom is -0.370 e. The van der Waals surface area contributed by atoms with Gasteiger partial charge in [0, 0.05) is 31.5 Å². The van der Waals surface area contributed by atoms with Gasteiger partial charge in [0.1, 0.15) is 0 Å². The standard InChI is InChI=1S/C21H24N4O/c1-17(24(2)20-11-7-4-8-12-20)13-22-21(26)19-14-23-25(16-19)15-18-9-5-3-6-10-18/h3-12,14,16-17H,13,15H2,1-2H3,(H,22,26). The number of nitrogens with zero attached hydrogens (tertiary/aromatic N) is 3. The van der Waals surface area contributed by atoms with E-state index in [4.69, 9.17) is 0 Å². The third kappa shape index (κ3) is 4.51. The van der Waals surface area contributed by atoms with Crippen LogP contribution in [0.15, 0.2) is 73.1 Å². The highest BCUT2D eigenvalue weighted by atomic mass is 16.1. The number of hydrogen-bond acceptors (Lipinski definition) is 3. The van der Waals surface area contributed by atoms with Crippen LogP contribution in [-0.4, -0.2) is 35.3 Å². The molecule has 1 aromatic heterocycles. The molecule has 0 saturated heterocycles. The first kappa shape index (κ1) is 17.7. The van der Waals surface area contributed by atoms with Gasteiger partial charge in [-0.25, -0.2) is 0 Å². The molecule has 5 nitrogen and oxygen atoms in total. The fraction of sp³-hybridized carbons (Fsp3) is 0.238. The first-order valence-corrected chi connectivity index (χ1v) is 8.76. The lowest BCUT2D eigenvalue weighted by atomic mass is 10.2. The number of rotatable bonds is 7. The van der Waals surface area contributed by atoms with Crippen molar-refractivity contribution in [1.29, 1.82) is 0 Å². The summed E-state index contributed by atoms with van der Waals surface area (Å²) >= 11 is 0. The van der Waals surface area contributed by atoms with E-state index in [-0.39, 0.29) is 11.9 Å². The fourth-order valence-electron chi connectivity index (χ4n) is 2.73. The maximum absolute atomic E-state index is 12.4. The van der Waals surface area contributed by atoms with Crippen LogP contribution in [0.25, 0.3) is 0 Å². The van der Waals surface area contributed by atoms with Crippen molar-refractivity contribution in [2.75, 3.05) is 18.5 Å². The molecule has 134 valence electrons. The van der Waals surface area contributed by atoms with Gasteiger partial charge in [0.25, 0.3) is 5.91 Å². The van der Waals surface area contributed by atoms with E-state index >= 15 is 0 Å². The summed E-state index contributed by atoms with van der Waals surface area (Å²) in [5, 5.41) is 7.28. The van der Waals surface area contributed by atoms with E-state index in [0.29, 0.717) is 18.7 Å². The molecule has 0 aliphatic rings. The highest BCUT2D eigenvalue weighted by molar-refractivity contribution is 5.93. The van der Waals surface area contributed by atoms with Crippen LogP contribution in [0.4, 0.5) is 5.69 Å². The van der Waals surface area contributed by atoms with Crippen molar-refractivity contribution in [3.05, 3.63) is 84.2 Å². The Kier molecular flexibility index (Phi) is 5.69. The smallest absolute Gasteiger partial charge is 0.254 e. The van der Waals surface area contributed by atoms with Gasteiger partial charge in [-0.3, -0.25) is 9.48 Å². The van der Waals surface area contributed by atoms with Gasteiger partial charge in [-0.15, -0.1) is 0 Å². The highest BCUT2D eigenvalue weighted by Gasteiger charge is 2.13. The number of hydrogen-bond donors (Lipinski definition) is 1. The molecule has 26 heavy (non-hydrogen) atoms. The minimum absolute atomic E-state index is 0.0994. The maximum atomic E-state index is 12.4. The third-order valence-corrected chi connectivity index (χ3v) is 4.47. The van der Waals surface area contributed by atoms with E-state index in [1.54, 1.807) is 17.1 Å². The Morgan fingerprint density at radius 1 is 1.12 bits per heavy atom. The van der Waals surface area contributed by atoms with Gasteiger partial charge in [0.2, 0.25) is 0 Å². The van der Waals surface area contributed by atoms with Gasteiger partial charge >= 0.3 is 0 Å². The number of anilines is 1. The fourth-order valence-corrected chi connectivity index (χ4v) is 2.73. The van der Waals surface area contributed by atoms with Crippen LogP contribution in [0, 0.1) is 0 Å². The van der Waals surface area contributed by atoms with Gasteiger partial charge in [0.15, 0.2) is 0 Å². The third-order valence-electron chi connectivity index (χ3n) is 4.47. The van der Waals surface area contributed by atoms with Crippen molar-refractivity contribution in [3.63, 3.8) is 0 Å². The summed E-state index contributed by atoms with van der Waals surface area (Å²) < 4.78 is 1.78. The largest absolute Gasteiger partial charge is 0.370 e. The van der Waals surface area contributed by atoms with E-state index in [2.05, 4.69) is 34.4 Å². The summed E-state index contributed by atoms with van der Waals surface area (Å²) in [6.07, 6.45) is 3.40. The van der Waals surface area contributed by atoms with E-state index < -0.39 is 0 Å². The SMILES string of the molecule is CC(CNC(=O)c1cnn(Cc2ccccc2)c1)N(C)c1ccccc1. The minimum atomic E-state index is -0.0994. The van der Waals surface area contributed by atoms with Crippen LogP contribution in [0.2, 0.25) is 0 Å². The lowest BCUT2D eigenvalue weighted by Crippen LogP contribution is -2.40. The molecule has 1 heterocycles. The Bertz CT molecular complexity index is 829. The number of benzene rings is 2. The quantitative estimate of drug-likeness (QED) is 0.713. The van der Waals surface area contributed by atoms with E-state index in [1.807, 2.05) is 55.6 Å². The zero-order chi connectivity index (χ0) is 18.4. The molecular weight excluding hydrogens is 324 g/mol. The van der Waals surface area contributed by atoms with Crippen molar-refractivity contribution in [2.45, 2.75) is 19.5 Å². The molecule has 3 aromatic rings. The molecule has 0 saturated carbocycles. The lowest BCUT2D eigenvalue weighted by Gasteiger charge is -2.27. The van der Waals surface area contributed by atoms with Crippen molar-refractivity contribution in [1.82, 2.24) is 15.1 Å². The zero-order valence-electron chi connectivity index (χ0n) is 15.2. The molecule has 1 N–H and O–H groups in total. The Labute approximate surface area is 154 Å². The second kappa shape index (κ2) is 8.34. The maximum Gasteiger partial charge on any atom is 0.254 e. The van der Waals surface area contributed by atoms with Crippen molar-refractivity contribution < 1.29 is 4.79 Å². The Morgan fingerprint density at radius 2 is 1.77 bits per heavy atom. The number of para-hydroxylation sites is 1. The number of amides is 1. The van der Waals surface area contributed by atoms with Gasteiger partial charge in [-0.2, -0.15) is 5.10 Å². The molecule has 0 aliphatic carbocycles. The van der Waals surface area contributed by atoms with Crippen molar-refractivity contribution >= 4 is 11.6 Å². The Morgan fingerprint density at radius 3 is 2.46 bits per heavy atom. The molecule has 0 fully saturated rings. The van der Waals surface area contributed by atoms with E-state index in [1.165, 1.54) is 0 Å². The van der Waals surface area contributed by atoms with E-state index in [9.17, 15) is 4.79 Å². The molecule has 3 rings (SSSR count). The molecule has 0 aliphatic heterocycles. The lowest BCUT2D eigenvalue weighted by molar-refractivity contribution is 0.0951. The van der Waals surface area contributed by atoms with Gasteiger partial charge < -0.3 is 10.2 Å². The number of aromatic nitrogens is 2. The van der Waals surface area contributed by atoms with Crippen LogP contribution < -0.4 is 10.2 Å². The summed E-state index contributed by atoms with van der Waals surface area (Å²) in [4.78, 5) is 14.5. The van der Waals surface area contributed by atoms with Crippen LogP contribution in [0.1, 0.15) is 22.8 Å². The first-order valence-electron chi connectivity index (χ1n) is 8.76. The van der Waals surface area contributed by atoms with Gasteiger partial charge in [0.05, 0.1) is 18.3 Å². The molecule has 1 amide bonds. The molecule has 1 atom stereocenters. The molecule has 1 unspecified atom stereocenters. The van der Waals surface area contributed by atoms with Crippen molar-refractivity contribution in [2.24, 2.45) is 0 Å². The molecule has 0 bridgehead atoms. The number of carbonyl (C=O) groups excluding carboxylic acids is 1. The topological polar surface area (TPSA) is 50.2 Å². The van der Waals surface area contributed by atoms with Crippen LogP contribution in [0.3, 0.4) is 0 Å². The molecule has 2 aromatic carbocycles. The molecule has 0 spiro atoms. The normalized spacial score (nSPS) is 11.8. The highest BCUT2D eigenvalue weighted by Crippen LogP contribution is 2.13. The molecular formula is C21H24N4O. The predicted molar refractivity (Wildman–Crippen MR) is 104 cm³/mol. The van der Waals surface area contributed by atoms with Crippen molar-refractivity contribution in [3.8, 4) is 0 Å². The second-order valence-electron chi connectivity index (χ2n) is 6.42. The number of carbonyl (C=O) groups is 1. The second-order valence-corrected chi connectivity index (χ2v) is 6.42. The van der Waals surface area contributed by atoms with Gasteiger partial charge in [-0.05, 0) is 24.6 Å². The van der Waals surface area contributed by atoms with Crippen LogP contribution in [0.5, 0.6) is 0 Å². The van der Waals surface area contributed by atoms with Crippen LogP contribution >= 0.6 is 0 Å². The summed E-state index contributed by atoms with van der Waals surface area (Å²) in [6, 6.07) is 20.4. The average molecular weight is 348 g/mol. The average Bonchev–Trinajstić information content (AvgIpc) is 3.15. The molecule has 5 heteroatoms. The molecule has 0 radical (unpaired) electrons. The summed E-state index contributed by atoms with van der Waals surface area (Å²) in [5.74, 6) is -0.0994. The zero-order valence-corrected chi connectivity index (χ0v) is 15.2. The van der Waals surface area contributed by atoms with Gasteiger partial charge in [-0.1, -0.05) is 48.5 Å². The Hall–Kier alpha value is -3.08.